The van der Waals surface area contributed by atoms with Gasteiger partial charge in [0.1, 0.15) is 12.4 Å². The minimum absolute atomic E-state index is 0.00791. The number of aromatic nitrogens is 1. The van der Waals surface area contributed by atoms with Gasteiger partial charge in [0.05, 0.1) is 13.2 Å². The SMILES string of the molecule is CC(CCn1ccc(-c2ccc(OCCN3CCOCC3)cc2)cc1=O)(C(=O)NO)S(C)(=O)=O. The Balaban J connectivity index is 1.62. The van der Waals surface area contributed by atoms with Crippen LogP contribution in [0.25, 0.3) is 11.1 Å². The van der Waals surface area contributed by atoms with Crippen LogP contribution < -0.4 is 15.8 Å². The lowest BCUT2D eigenvalue weighted by Gasteiger charge is -2.26. The first kappa shape index (κ1) is 25.9. The molecule has 186 valence electrons. The molecular formula is C23H31N3O7S. The standard InChI is InChI=1S/C23H31N3O7S/c1-23(22(28)24-29,34(2,30)31)8-10-26-9-7-19(17-21(26)27)18-3-5-20(6-4-18)33-16-13-25-11-14-32-15-12-25/h3-7,9,17,29H,8,10-16H2,1-2H3,(H,24,28). The molecule has 2 N–H and O–H groups in total. The van der Waals surface area contributed by atoms with Crippen LogP contribution in [0.3, 0.4) is 0 Å². The number of benzene rings is 1. The first-order valence-corrected chi connectivity index (χ1v) is 12.9. The van der Waals surface area contributed by atoms with E-state index in [1.165, 1.54) is 23.0 Å². The van der Waals surface area contributed by atoms with E-state index < -0.39 is 20.5 Å². The quantitative estimate of drug-likeness (QED) is 0.370. The Hall–Kier alpha value is -2.73. The first-order chi connectivity index (χ1) is 16.1. The molecule has 1 aliphatic heterocycles. The molecule has 1 aromatic heterocycles. The second-order valence-corrected chi connectivity index (χ2v) is 10.9. The zero-order chi connectivity index (χ0) is 24.8. The van der Waals surface area contributed by atoms with Gasteiger partial charge in [-0.1, -0.05) is 12.1 Å². The maximum Gasteiger partial charge on any atom is 0.264 e. The number of nitrogens with one attached hydrogen (secondary N) is 1. The lowest BCUT2D eigenvalue weighted by atomic mass is 10.1. The van der Waals surface area contributed by atoms with Crippen molar-refractivity contribution < 1.29 is 27.9 Å². The second kappa shape index (κ2) is 11.1. The van der Waals surface area contributed by atoms with Crippen LogP contribution >= 0.6 is 0 Å². The number of carbonyl (C=O) groups excluding carboxylic acids is 1. The third kappa shape index (κ3) is 6.23. The van der Waals surface area contributed by atoms with Gasteiger partial charge in [0.15, 0.2) is 14.6 Å². The number of aryl methyl sites for hydroxylation is 1. The number of carbonyl (C=O) groups is 1. The van der Waals surface area contributed by atoms with E-state index in [0.717, 1.165) is 50.4 Å². The van der Waals surface area contributed by atoms with Crippen LogP contribution in [0, 0.1) is 0 Å². The Bertz CT molecular complexity index is 1140. The number of hydroxylamine groups is 1. The average molecular weight is 494 g/mol. The molecule has 2 heterocycles. The molecule has 0 bridgehead atoms. The van der Waals surface area contributed by atoms with Crippen molar-refractivity contribution in [3.8, 4) is 16.9 Å². The van der Waals surface area contributed by atoms with E-state index in [1.54, 1.807) is 12.3 Å². The van der Waals surface area contributed by atoms with Crippen molar-refractivity contribution in [1.82, 2.24) is 14.9 Å². The number of pyridine rings is 1. The van der Waals surface area contributed by atoms with Crippen LogP contribution in [0.2, 0.25) is 0 Å². The number of morpholine rings is 1. The molecule has 1 saturated heterocycles. The fourth-order valence-electron chi connectivity index (χ4n) is 3.65. The fraction of sp³-hybridized carbons (Fsp3) is 0.478. The summed E-state index contributed by atoms with van der Waals surface area (Å²) >= 11 is 0. The van der Waals surface area contributed by atoms with Gasteiger partial charge >= 0.3 is 0 Å². The summed E-state index contributed by atoms with van der Waals surface area (Å²) < 4.78 is 34.8. The molecule has 0 aliphatic carbocycles. The van der Waals surface area contributed by atoms with Gasteiger partial charge in [0.2, 0.25) is 0 Å². The van der Waals surface area contributed by atoms with Crippen LogP contribution in [0.5, 0.6) is 5.75 Å². The van der Waals surface area contributed by atoms with Crippen molar-refractivity contribution in [1.29, 1.82) is 0 Å². The second-order valence-electron chi connectivity index (χ2n) is 8.47. The highest BCUT2D eigenvalue weighted by molar-refractivity contribution is 7.92. The highest BCUT2D eigenvalue weighted by atomic mass is 32.2. The fourth-order valence-corrected chi connectivity index (χ4v) is 4.50. The zero-order valence-corrected chi connectivity index (χ0v) is 20.2. The minimum atomic E-state index is -3.83. The van der Waals surface area contributed by atoms with Crippen LogP contribution in [-0.2, 0) is 25.9 Å². The Kier molecular flexibility index (Phi) is 8.47. The molecule has 1 aliphatic rings. The van der Waals surface area contributed by atoms with E-state index in [0.29, 0.717) is 12.2 Å². The Morgan fingerprint density at radius 3 is 2.41 bits per heavy atom. The molecule has 2 aromatic rings. The summed E-state index contributed by atoms with van der Waals surface area (Å²) in [5, 5.41) is 8.93. The van der Waals surface area contributed by atoms with E-state index in [1.807, 2.05) is 24.3 Å². The summed E-state index contributed by atoms with van der Waals surface area (Å²) in [5.41, 5.74) is 2.62. The van der Waals surface area contributed by atoms with E-state index in [9.17, 15) is 18.0 Å². The summed E-state index contributed by atoms with van der Waals surface area (Å²) in [6.45, 7) is 5.96. The normalized spacial score (nSPS) is 16.6. The van der Waals surface area contributed by atoms with Gasteiger partial charge in [-0.25, -0.2) is 13.9 Å². The van der Waals surface area contributed by atoms with Crippen molar-refractivity contribution in [2.45, 2.75) is 24.6 Å². The molecule has 1 unspecified atom stereocenters. The number of hydrogen-bond donors (Lipinski definition) is 2. The molecule has 3 rings (SSSR count). The topological polar surface area (TPSA) is 127 Å². The van der Waals surface area contributed by atoms with Crippen molar-refractivity contribution in [3.63, 3.8) is 0 Å². The number of sulfone groups is 1. The van der Waals surface area contributed by atoms with Gasteiger partial charge in [-0.2, -0.15) is 0 Å². The van der Waals surface area contributed by atoms with Crippen LogP contribution in [0.4, 0.5) is 0 Å². The number of nitrogens with zero attached hydrogens (tertiary/aromatic N) is 2. The summed E-state index contributed by atoms with van der Waals surface area (Å²) in [6.07, 6.45) is 2.31. The van der Waals surface area contributed by atoms with Crippen molar-refractivity contribution in [3.05, 3.63) is 52.9 Å². The number of hydrogen-bond acceptors (Lipinski definition) is 8. The van der Waals surface area contributed by atoms with Gasteiger partial charge in [-0.3, -0.25) is 19.7 Å². The molecule has 34 heavy (non-hydrogen) atoms. The van der Waals surface area contributed by atoms with Crippen LogP contribution in [-0.4, -0.2) is 79.5 Å². The maximum absolute atomic E-state index is 12.6. The summed E-state index contributed by atoms with van der Waals surface area (Å²) in [6, 6.07) is 10.7. The number of ether oxygens (including phenoxy) is 2. The zero-order valence-electron chi connectivity index (χ0n) is 19.4. The smallest absolute Gasteiger partial charge is 0.264 e. The summed E-state index contributed by atoms with van der Waals surface area (Å²) in [5.74, 6) is -0.292. The third-order valence-corrected chi connectivity index (χ3v) is 8.22. The van der Waals surface area contributed by atoms with E-state index in [2.05, 4.69) is 4.90 Å². The lowest BCUT2D eigenvalue weighted by molar-refractivity contribution is -0.131. The molecule has 10 nitrogen and oxygen atoms in total. The molecule has 1 atom stereocenters. The minimum Gasteiger partial charge on any atom is -0.492 e. The highest BCUT2D eigenvalue weighted by Gasteiger charge is 2.43. The van der Waals surface area contributed by atoms with Crippen molar-refractivity contribution >= 4 is 15.7 Å². The molecular weight excluding hydrogens is 462 g/mol. The molecule has 11 heteroatoms. The molecule has 0 saturated carbocycles. The summed E-state index contributed by atoms with van der Waals surface area (Å²) in [4.78, 5) is 26.9. The third-order valence-electron chi connectivity index (χ3n) is 6.19. The monoisotopic (exact) mass is 493 g/mol. The van der Waals surface area contributed by atoms with E-state index in [4.69, 9.17) is 14.7 Å². The lowest BCUT2D eigenvalue weighted by Crippen LogP contribution is -2.49. The van der Waals surface area contributed by atoms with Crippen LogP contribution in [0.1, 0.15) is 13.3 Å². The van der Waals surface area contributed by atoms with Gasteiger partial charge in [0, 0.05) is 44.7 Å². The largest absolute Gasteiger partial charge is 0.492 e. The Labute approximate surface area is 199 Å². The van der Waals surface area contributed by atoms with Gasteiger partial charge in [-0.15, -0.1) is 0 Å². The molecule has 1 amide bonds. The number of amides is 1. The Morgan fingerprint density at radius 2 is 1.82 bits per heavy atom. The predicted octanol–water partition coefficient (Wildman–Crippen LogP) is 0.925. The first-order valence-electron chi connectivity index (χ1n) is 11.0. The maximum atomic E-state index is 12.6. The number of rotatable bonds is 10. The molecule has 0 radical (unpaired) electrons. The van der Waals surface area contributed by atoms with Crippen LogP contribution in [0.15, 0.2) is 47.4 Å². The van der Waals surface area contributed by atoms with E-state index in [-0.39, 0.29) is 18.5 Å². The van der Waals surface area contributed by atoms with Gasteiger partial charge in [-0.05, 0) is 42.7 Å². The van der Waals surface area contributed by atoms with Gasteiger partial charge < -0.3 is 14.0 Å². The molecule has 1 aromatic carbocycles. The highest BCUT2D eigenvalue weighted by Crippen LogP contribution is 2.23. The molecule has 1 fully saturated rings. The van der Waals surface area contributed by atoms with E-state index >= 15 is 0 Å². The predicted molar refractivity (Wildman–Crippen MR) is 127 cm³/mol. The Morgan fingerprint density at radius 1 is 1.15 bits per heavy atom. The summed E-state index contributed by atoms with van der Waals surface area (Å²) in [7, 11) is -3.83. The molecule has 0 spiro atoms. The van der Waals surface area contributed by atoms with Crippen molar-refractivity contribution in [2.75, 3.05) is 45.7 Å². The van der Waals surface area contributed by atoms with Crippen molar-refractivity contribution in [2.24, 2.45) is 0 Å². The van der Waals surface area contributed by atoms with Gasteiger partial charge in [0.25, 0.3) is 11.5 Å². The average Bonchev–Trinajstić information content (AvgIpc) is 2.83.